The molecule has 2 unspecified atom stereocenters. The molecule has 0 aliphatic heterocycles. The Morgan fingerprint density at radius 2 is 1.82 bits per heavy atom. The van der Waals surface area contributed by atoms with Gasteiger partial charge >= 0.3 is 5.97 Å². The Labute approximate surface area is 224 Å². The number of carbonyl (C=O) groups is 1. The molecule has 0 radical (unpaired) electrons. The van der Waals surface area contributed by atoms with Crippen molar-refractivity contribution >= 4 is 5.97 Å². The Kier molecular flexibility index (Phi) is 7.21. The third-order valence-corrected chi connectivity index (χ3v) is 8.85. The van der Waals surface area contributed by atoms with Crippen LogP contribution in [0.5, 0.6) is 11.5 Å². The Morgan fingerprint density at radius 1 is 1.03 bits per heavy atom. The molecule has 0 saturated heterocycles. The van der Waals surface area contributed by atoms with Gasteiger partial charge in [-0.15, -0.1) is 0 Å². The average Bonchev–Trinajstić information content (AvgIpc) is 3.49. The number of benzene rings is 3. The zero-order chi connectivity index (χ0) is 27.0. The maximum Gasteiger partial charge on any atom is 0.306 e. The lowest BCUT2D eigenvalue weighted by atomic mass is 9.75. The second-order valence-corrected chi connectivity index (χ2v) is 11.6. The van der Waals surface area contributed by atoms with Gasteiger partial charge in [0.15, 0.2) is 0 Å². The number of ether oxygens (including phenoxy) is 2. The largest absolute Gasteiger partial charge is 0.497 e. The highest BCUT2D eigenvalue weighted by Gasteiger charge is 2.37. The lowest BCUT2D eigenvalue weighted by Crippen LogP contribution is -2.17. The number of carboxylic acid groups (broad SMARTS) is 1. The number of methoxy groups -OCH3 is 1. The predicted octanol–water partition coefficient (Wildman–Crippen LogP) is 8.12. The maximum absolute atomic E-state index is 15.1. The summed E-state index contributed by atoms with van der Waals surface area (Å²) < 4.78 is 26.7. The lowest BCUT2D eigenvalue weighted by Gasteiger charge is -2.30. The minimum absolute atomic E-state index is 0.0132. The van der Waals surface area contributed by atoms with Crippen LogP contribution in [-0.2, 0) is 17.8 Å². The van der Waals surface area contributed by atoms with Crippen molar-refractivity contribution in [3.05, 3.63) is 82.7 Å². The first kappa shape index (κ1) is 26.3. The van der Waals surface area contributed by atoms with Gasteiger partial charge in [-0.3, -0.25) is 4.79 Å². The molecular weight excluding hydrogens is 479 g/mol. The van der Waals surface area contributed by atoms with Crippen LogP contribution in [0, 0.1) is 17.2 Å². The molecule has 3 aromatic carbocycles. The molecule has 5 heteroatoms. The summed E-state index contributed by atoms with van der Waals surface area (Å²) in [6.07, 6.45) is 5.13. The summed E-state index contributed by atoms with van der Waals surface area (Å²) in [5.41, 5.74) is 6.09. The number of rotatable bonds is 8. The lowest BCUT2D eigenvalue weighted by molar-refractivity contribution is -0.141. The summed E-state index contributed by atoms with van der Waals surface area (Å²) in [7, 11) is 1.60. The molecular formula is C33H37FO4. The molecule has 0 bridgehead atoms. The zero-order valence-corrected chi connectivity index (χ0v) is 22.7. The molecule has 2 aliphatic rings. The normalized spacial score (nSPS) is 20.7. The highest BCUT2D eigenvalue weighted by atomic mass is 19.1. The van der Waals surface area contributed by atoms with E-state index in [0.717, 1.165) is 60.1 Å². The van der Waals surface area contributed by atoms with Crippen LogP contribution in [0.4, 0.5) is 4.39 Å². The van der Waals surface area contributed by atoms with Crippen molar-refractivity contribution in [1.29, 1.82) is 0 Å². The van der Waals surface area contributed by atoms with Crippen LogP contribution in [0.2, 0.25) is 0 Å². The number of fused-ring (bicyclic) bond motifs is 1. The molecule has 4 nitrogen and oxygen atoms in total. The van der Waals surface area contributed by atoms with Crippen LogP contribution in [0.3, 0.4) is 0 Å². The predicted molar refractivity (Wildman–Crippen MR) is 147 cm³/mol. The van der Waals surface area contributed by atoms with Crippen LogP contribution in [0.1, 0.15) is 80.5 Å². The fourth-order valence-electron chi connectivity index (χ4n) is 6.54. The standard InChI is InChI=1S/C33H37FO4/c1-20(32(35)36)25-13-9-22-8-10-24(18-27(22)25)38-19-21-7-12-26(29-17-23(37-4)11-14-31(29)34)28(16-21)30-6-5-15-33(30,2)3/h7-8,10-12,14,16-18,20,25,30H,5-6,9,13,15,19H2,1-4H3,(H,35,36)/t20-,25?,30?/m0/s1. The van der Waals surface area contributed by atoms with Gasteiger partial charge in [0.1, 0.15) is 23.9 Å². The van der Waals surface area contributed by atoms with Crippen LogP contribution in [-0.4, -0.2) is 18.2 Å². The second kappa shape index (κ2) is 10.4. The van der Waals surface area contributed by atoms with Crippen LogP contribution in [0.15, 0.2) is 54.6 Å². The van der Waals surface area contributed by atoms with Crippen molar-refractivity contribution in [3.63, 3.8) is 0 Å². The third kappa shape index (κ3) is 5.03. The molecule has 0 amide bonds. The van der Waals surface area contributed by atoms with E-state index in [9.17, 15) is 9.90 Å². The molecule has 0 aromatic heterocycles. The van der Waals surface area contributed by atoms with E-state index in [1.807, 2.05) is 24.3 Å². The molecule has 5 rings (SSSR count). The molecule has 2 aliphatic carbocycles. The molecule has 1 saturated carbocycles. The van der Waals surface area contributed by atoms with Gasteiger partial charge < -0.3 is 14.6 Å². The van der Waals surface area contributed by atoms with Crippen LogP contribution in [0.25, 0.3) is 11.1 Å². The Bertz CT molecular complexity index is 1340. The minimum atomic E-state index is -0.760. The molecule has 38 heavy (non-hydrogen) atoms. The molecule has 3 aromatic rings. The topological polar surface area (TPSA) is 55.8 Å². The summed E-state index contributed by atoms with van der Waals surface area (Å²) in [5.74, 6) is 0.282. The molecule has 0 spiro atoms. The quantitative estimate of drug-likeness (QED) is 0.328. The van der Waals surface area contributed by atoms with E-state index in [1.165, 1.54) is 11.6 Å². The second-order valence-electron chi connectivity index (χ2n) is 11.6. The van der Waals surface area contributed by atoms with Gasteiger partial charge in [-0.05, 0) is 101 Å². The van der Waals surface area contributed by atoms with Crippen molar-refractivity contribution < 1.29 is 23.8 Å². The van der Waals surface area contributed by atoms with E-state index in [1.54, 1.807) is 26.2 Å². The number of hydrogen-bond donors (Lipinski definition) is 1. The Balaban J connectivity index is 1.45. The third-order valence-electron chi connectivity index (χ3n) is 8.85. The molecule has 1 N–H and O–H groups in total. The van der Waals surface area contributed by atoms with Gasteiger partial charge in [0, 0.05) is 5.56 Å². The van der Waals surface area contributed by atoms with Gasteiger partial charge in [-0.2, -0.15) is 0 Å². The van der Waals surface area contributed by atoms with Crippen molar-refractivity contribution in [2.75, 3.05) is 7.11 Å². The van der Waals surface area contributed by atoms with Crippen molar-refractivity contribution in [1.82, 2.24) is 0 Å². The van der Waals surface area contributed by atoms with E-state index in [-0.39, 0.29) is 17.2 Å². The number of aliphatic carboxylic acids is 1. The van der Waals surface area contributed by atoms with E-state index in [4.69, 9.17) is 9.47 Å². The van der Waals surface area contributed by atoms with Gasteiger partial charge in [-0.25, -0.2) is 4.39 Å². The fourth-order valence-corrected chi connectivity index (χ4v) is 6.54. The first-order valence-electron chi connectivity index (χ1n) is 13.6. The van der Waals surface area contributed by atoms with E-state index in [0.29, 0.717) is 23.8 Å². The van der Waals surface area contributed by atoms with E-state index in [2.05, 4.69) is 26.0 Å². The Morgan fingerprint density at radius 3 is 2.53 bits per heavy atom. The molecule has 200 valence electrons. The number of aryl methyl sites for hydroxylation is 1. The summed E-state index contributed by atoms with van der Waals surface area (Å²) in [4.78, 5) is 11.6. The van der Waals surface area contributed by atoms with Gasteiger partial charge in [0.2, 0.25) is 0 Å². The van der Waals surface area contributed by atoms with E-state index < -0.39 is 11.9 Å². The molecule has 1 fully saturated rings. The molecule has 3 atom stereocenters. The summed E-state index contributed by atoms with van der Waals surface area (Å²) >= 11 is 0. The SMILES string of the molecule is COc1ccc(F)c(-c2ccc(COc3ccc4c(c3)C([C@H](C)C(=O)O)CC4)cc2C2CCCC2(C)C)c1. The van der Waals surface area contributed by atoms with Crippen LogP contribution >= 0.6 is 0 Å². The van der Waals surface area contributed by atoms with Crippen molar-refractivity contribution in [2.45, 2.75) is 71.3 Å². The van der Waals surface area contributed by atoms with Gasteiger partial charge in [-0.1, -0.05) is 51.5 Å². The van der Waals surface area contributed by atoms with E-state index >= 15 is 4.39 Å². The number of carboxylic acids is 1. The summed E-state index contributed by atoms with van der Waals surface area (Å²) in [5, 5.41) is 9.53. The number of halogens is 1. The first-order chi connectivity index (χ1) is 18.2. The highest BCUT2D eigenvalue weighted by Crippen LogP contribution is 2.51. The van der Waals surface area contributed by atoms with Gasteiger partial charge in [0.25, 0.3) is 0 Å². The average molecular weight is 517 g/mol. The zero-order valence-electron chi connectivity index (χ0n) is 22.7. The molecule has 0 heterocycles. The fraction of sp³-hybridized carbons (Fsp3) is 0.424. The number of hydrogen-bond acceptors (Lipinski definition) is 3. The first-order valence-corrected chi connectivity index (χ1v) is 13.6. The van der Waals surface area contributed by atoms with Gasteiger partial charge in [0.05, 0.1) is 13.0 Å². The smallest absolute Gasteiger partial charge is 0.306 e. The monoisotopic (exact) mass is 516 g/mol. The van der Waals surface area contributed by atoms with Crippen molar-refractivity contribution in [3.8, 4) is 22.6 Å². The maximum atomic E-state index is 15.1. The summed E-state index contributed by atoms with van der Waals surface area (Å²) in [6.45, 7) is 6.78. The summed E-state index contributed by atoms with van der Waals surface area (Å²) in [6, 6.07) is 17.2. The highest BCUT2D eigenvalue weighted by molar-refractivity contribution is 5.72. The van der Waals surface area contributed by atoms with Crippen LogP contribution < -0.4 is 9.47 Å². The minimum Gasteiger partial charge on any atom is -0.497 e. The van der Waals surface area contributed by atoms with Crippen molar-refractivity contribution in [2.24, 2.45) is 11.3 Å². The Hall–Kier alpha value is -3.34.